The molecule has 0 aromatic heterocycles. The summed E-state index contributed by atoms with van der Waals surface area (Å²) in [5.74, 6) is 1.08. The van der Waals surface area contributed by atoms with Gasteiger partial charge in [-0.15, -0.1) is 0 Å². The highest BCUT2D eigenvalue weighted by Crippen LogP contribution is 2.28. The lowest BCUT2D eigenvalue weighted by Crippen LogP contribution is -2.35. The van der Waals surface area contributed by atoms with E-state index in [2.05, 4.69) is 50.4 Å². The normalized spacial score (nSPS) is 17.6. The van der Waals surface area contributed by atoms with Crippen LogP contribution in [0, 0.1) is 0 Å². The number of ether oxygens (including phenoxy) is 1. The highest BCUT2D eigenvalue weighted by Gasteiger charge is 2.17. The number of amides is 1. The van der Waals surface area contributed by atoms with E-state index >= 15 is 0 Å². The molecule has 30 heavy (non-hydrogen) atoms. The van der Waals surface area contributed by atoms with E-state index in [0.717, 1.165) is 31.4 Å². The van der Waals surface area contributed by atoms with Crippen LogP contribution in [0.2, 0.25) is 0 Å². The van der Waals surface area contributed by atoms with Gasteiger partial charge in [0.05, 0.1) is 6.61 Å². The van der Waals surface area contributed by atoms with Crippen LogP contribution in [0.15, 0.2) is 24.3 Å². The molecule has 0 radical (unpaired) electrons. The van der Waals surface area contributed by atoms with Crippen LogP contribution in [0.4, 0.5) is 0 Å². The summed E-state index contributed by atoms with van der Waals surface area (Å²) < 4.78 is 5.86. The predicted molar refractivity (Wildman–Crippen MR) is 127 cm³/mol. The molecule has 1 fully saturated rings. The van der Waals surface area contributed by atoms with Gasteiger partial charge in [0.2, 0.25) is 5.91 Å². The first kappa shape index (κ1) is 24.8. The van der Waals surface area contributed by atoms with Gasteiger partial charge in [-0.2, -0.15) is 0 Å². The second kappa shape index (κ2) is 13.7. The van der Waals surface area contributed by atoms with Crippen molar-refractivity contribution in [1.29, 1.82) is 0 Å². The molecule has 1 N–H and O–H groups in total. The molecule has 3 heteroatoms. The van der Waals surface area contributed by atoms with Gasteiger partial charge in [-0.1, -0.05) is 90.7 Å². The summed E-state index contributed by atoms with van der Waals surface area (Å²) >= 11 is 0. The van der Waals surface area contributed by atoms with Gasteiger partial charge in [-0.05, 0) is 48.8 Å². The molecule has 0 saturated heterocycles. The first-order valence-corrected chi connectivity index (χ1v) is 12.5. The van der Waals surface area contributed by atoms with Gasteiger partial charge in [0, 0.05) is 12.5 Å². The Morgan fingerprint density at radius 3 is 2.00 bits per heavy atom. The lowest BCUT2D eigenvalue weighted by atomic mass is 9.82. The standard InChI is InChI=1S/C27H45NO2/c1-4-27(2,3)23-18-20-25(21-19-23)30-22-14-17-26(29)28-24-15-12-10-8-6-5-7-9-11-13-16-24/h18-21,24H,4-17,22H2,1-3H3,(H,28,29). The first-order chi connectivity index (χ1) is 14.5. The summed E-state index contributed by atoms with van der Waals surface area (Å²) in [5, 5.41) is 3.31. The average molecular weight is 416 g/mol. The molecule has 0 atom stereocenters. The number of carbonyl (C=O) groups is 1. The van der Waals surface area contributed by atoms with E-state index in [9.17, 15) is 4.79 Å². The van der Waals surface area contributed by atoms with Gasteiger partial charge in [-0.25, -0.2) is 0 Å². The zero-order chi connectivity index (χ0) is 21.7. The van der Waals surface area contributed by atoms with Crippen LogP contribution in [0.25, 0.3) is 0 Å². The molecule has 0 unspecified atom stereocenters. The van der Waals surface area contributed by atoms with Crippen LogP contribution < -0.4 is 10.1 Å². The van der Waals surface area contributed by atoms with E-state index in [1.54, 1.807) is 0 Å². The maximum absolute atomic E-state index is 12.4. The summed E-state index contributed by atoms with van der Waals surface area (Å²) in [6.07, 6.45) is 16.7. The molecule has 1 aromatic carbocycles. The minimum atomic E-state index is 0.190. The van der Waals surface area contributed by atoms with Crippen molar-refractivity contribution in [3.05, 3.63) is 29.8 Å². The smallest absolute Gasteiger partial charge is 0.220 e. The highest BCUT2D eigenvalue weighted by atomic mass is 16.5. The maximum atomic E-state index is 12.4. The lowest BCUT2D eigenvalue weighted by molar-refractivity contribution is -0.122. The predicted octanol–water partition coefficient (Wildman–Crippen LogP) is 7.32. The largest absolute Gasteiger partial charge is 0.494 e. The van der Waals surface area contributed by atoms with E-state index in [4.69, 9.17) is 4.74 Å². The second-order valence-electron chi connectivity index (χ2n) is 9.74. The molecular formula is C27H45NO2. The third kappa shape index (κ3) is 9.53. The van der Waals surface area contributed by atoms with Crippen molar-refractivity contribution in [2.24, 2.45) is 0 Å². The third-order valence-electron chi connectivity index (χ3n) is 6.81. The van der Waals surface area contributed by atoms with Crippen LogP contribution in [0.3, 0.4) is 0 Å². The number of nitrogens with one attached hydrogen (secondary N) is 1. The van der Waals surface area contributed by atoms with Crippen molar-refractivity contribution in [3.8, 4) is 5.75 Å². The Hall–Kier alpha value is -1.51. The maximum Gasteiger partial charge on any atom is 0.220 e. The van der Waals surface area contributed by atoms with Gasteiger partial charge in [-0.3, -0.25) is 4.79 Å². The molecule has 0 aliphatic heterocycles. The summed E-state index contributed by atoms with van der Waals surface area (Å²) in [7, 11) is 0. The summed E-state index contributed by atoms with van der Waals surface area (Å²) in [5.41, 5.74) is 1.54. The summed E-state index contributed by atoms with van der Waals surface area (Å²) in [4.78, 5) is 12.4. The van der Waals surface area contributed by atoms with E-state index in [-0.39, 0.29) is 11.3 Å². The van der Waals surface area contributed by atoms with E-state index in [0.29, 0.717) is 19.1 Å². The SMILES string of the molecule is CCC(C)(C)c1ccc(OCCCC(=O)NC2CCCCCCCCCCC2)cc1. The average Bonchev–Trinajstić information content (AvgIpc) is 2.73. The van der Waals surface area contributed by atoms with Crippen LogP contribution in [0.5, 0.6) is 5.75 Å². The fourth-order valence-corrected chi connectivity index (χ4v) is 4.24. The van der Waals surface area contributed by atoms with Crippen molar-refractivity contribution in [2.45, 2.75) is 122 Å². The number of hydrogen-bond acceptors (Lipinski definition) is 2. The van der Waals surface area contributed by atoms with Crippen molar-refractivity contribution in [3.63, 3.8) is 0 Å². The summed E-state index contributed by atoms with van der Waals surface area (Å²) in [6, 6.07) is 8.80. The Balaban J connectivity index is 1.66. The van der Waals surface area contributed by atoms with E-state index < -0.39 is 0 Å². The minimum Gasteiger partial charge on any atom is -0.494 e. The summed E-state index contributed by atoms with van der Waals surface area (Å²) in [6.45, 7) is 7.35. The van der Waals surface area contributed by atoms with Crippen molar-refractivity contribution >= 4 is 5.91 Å². The van der Waals surface area contributed by atoms with Gasteiger partial charge in [0.25, 0.3) is 0 Å². The number of hydrogen-bond donors (Lipinski definition) is 1. The third-order valence-corrected chi connectivity index (χ3v) is 6.81. The van der Waals surface area contributed by atoms with Crippen molar-refractivity contribution in [2.75, 3.05) is 6.61 Å². The van der Waals surface area contributed by atoms with Gasteiger partial charge >= 0.3 is 0 Å². The number of rotatable bonds is 8. The van der Waals surface area contributed by atoms with Crippen LogP contribution >= 0.6 is 0 Å². The van der Waals surface area contributed by atoms with E-state index in [1.807, 2.05) is 0 Å². The van der Waals surface area contributed by atoms with Gasteiger partial charge in [0.15, 0.2) is 0 Å². The lowest BCUT2D eigenvalue weighted by Gasteiger charge is -2.23. The van der Waals surface area contributed by atoms with Crippen molar-refractivity contribution < 1.29 is 9.53 Å². The highest BCUT2D eigenvalue weighted by molar-refractivity contribution is 5.76. The molecule has 1 aliphatic rings. The Morgan fingerprint density at radius 1 is 0.933 bits per heavy atom. The number of carbonyl (C=O) groups excluding carboxylic acids is 1. The van der Waals surface area contributed by atoms with Crippen LogP contribution in [-0.2, 0) is 10.2 Å². The molecule has 3 nitrogen and oxygen atoms in total. The molecule has 1 aromatic rings. The van der Waals surface area contributed by atoms with E-state index in [1.165, 1.54) is 63.4 Å². The van der Waals surface area contributed by atoms with Gasteiger partial charge < -0.3 is 10.1 Å². The molecule has 2 rings (SSSR count). The quantitative estimate of drug-likeness (QED) is 0.452. The Labute approximate surface area is 185 Å². The second-order valence-corrected chi connectivity index (χ2v) is 9.74. The number of benzene rings is 1. The zero-order valence-electron chi connectivity index (χ0n) is 19.8. The molecule has 170 valence electrons. The molecule has 1 saturated carbocycles. The van der Waals surface area contributed by atoms with Crippen LogP contribution in [0.1, 0.15) is 116 Å². The molecule has 1 aliphatic carbocycles. The minimum absolute atomic E-state index is 0.190. The van der Waals surface area contributed by atoms with Crippen LogP contribution in [-0.4, -0.2) is 18.6 Å². The molecule has 0 spiro atoms. The molecule has 0 heterocycles. The molecule has 0 bridgehead atoms. The van der Waals surface area contributed by atoms with Crippen molar-refractivity contribution in [1.82, 2.24) is 5.32 Å². The first-order valence-electron chi connectivity index (χ1n) is 12.5. The Kier molecular flexibility index (Phi) is 11.3. The fraction of sp³-hybridized carbons (Fsp3) is 0.741. The molecule has 1 amide bonds. The molecular weight excluding hydrogens is 370 g/mol. The van der Waals surface area contributed by atoms with Gasteiger partial charge in [0.1, 0.15) is 5.75 Å². The zero-order valence-corrected chi connectivity index (χ0v) is 19.8. The Bertz CT molecular complexity index is 581. The fourth-order valence-electron chi connectivity index (χ4n) is 4.24. The Morgan fingerprint density at radius 2 is 1.47 bits per heavy atom. The monoisotopic (exact) mass is 415 g/mol. The topological polar surface area (TPSA) is 38.3 Å².